The molecule has 0 bridgehead atoms. The first-order valence-corrected chi connectivity index (χ1v) is 7.89. The fourth-order valence-corrected chi connectivity index (χ4v) is 2.56. The maximum Gasteiger partial charge on any atom is 0.297 e. The van der Waals surface area contributed by atoms with Crippen molar-refractivity contribution >= 4 is 10.1 Å². The van der Waals surface area contributed by atoms with E-state index >= 15 is 0 Å². The molecule has 22 heavy (non-hydrogen) atoms. The van der Waals surface area contributed by atoms with Crippen LogP contribution in [0.4, 0.5) is 4.39 Å². The predicted molar refractivity (Wildman–Crippen MR) is 77.5 cm³/mol. The Hall–Kier alpha value is -1.96. The molecule has 0 saturated heterocycles. The number of hydrogen-bond donors (Lipinski definition) is 1. The summed E-state index contributed by atoms with van der Waals surface area (Å²) >= 11 is 0. The van der Waals surface area contributed by atoms with Crippen LogP contribution in [-0.2, 0) is 14.3 Å². The fourth-order valence-electron chi connectivity index (χ4n) is 1.59. The quantitative estimate of drug-likeness (QED) is 0.788. The van der Waals surface area contributed by atoms with Crippen molar-refractivity contribution in [1.82, 2.24) is 0 Å². The monoisotopic (exact) mass is 326 g/mol. The highest BCUT2D eigenvalue weighted by molar-refractivity contribution is 7.86. The number of ether oxygens (including phenoxy) is 1. The Bertz CT molecular complexity index is 686. The van der Waals surface area contributed by atoms with E-state index in [1.54, 1.807) is 18.2 Å². The van der Waals surface area contributed by atoms with Crippen molar-refractivity contribution in [3.05, 3.63) is 60.4 Å². The van der Waals surface area contributed by atoms with E-state index in [2.05, 4.69) is 0 Å². The Kier molecular flexibility index (Phi) is 5.48. The molecule has 0 heterocycles. The summed E-state index contributed by atoms with van der Waals surface area (Å²) in [5.41, 5.74) is 0. The number of benzene rings is 2. The van der Waals surface area contributed by atoms with Gasteiger partial charge in [-0.05, 0) is 36.4 Å². The van der Waals surface area contributed by atoms with Crippen LogP contribution in [0.2, 0.25) is 0 Å². The van der Waals surface area contributed by atoms with Gasteiger partial charge in [-0.1, -0.05) is 18.2 Å². The van der Waals surface area contributed by atoms with E-state index in [4.69, 9.17) is 8.92 Å². The molecule has 118 valence electrons. The molecule has 0 aliphatic rings. The summed E-state index contributed by atoms with van der Waals surface area (Å²) in [7, 11) is -3.91. The van der Waals surface area contributed by atoms with Crippen molar-refractivity contribution in [2.45, 2.75) is 11.0 Å². The van der Waals surface area contributed by atoms with Gasteiger partial charge < -0.3 is 9.84 Å². The molecule has 1 N–H and O–H groups in total. The van der Waals surface area contributed by atoms with E-state index in [1.807, 2.05) is 0 Å². The molecule has 1 atom stereocenters. The smallest absolute Gasteiger partial charge is 0.297 e. The van der Waals surface area contributed by atoms with Gasteiger partial charge in [-0.3, -0.25) is 4.18 Å². The lowest BCUT2D eigenvalue weighted by Gasteiger charge is -2.12. The third kappa shape index (κ3) is 4.80. The number of aliphatic hydroxyl groups is 1. The first-order valence-electron chi connectivity index (χ1n) is 6.48. The molecule has 0 aliphatic carbocycles. The lowest BCUT2D eigenvalue weighted by molar-refractivity contribution is 0.0648. The number of aliphatic hydroxyl groups excluding tert-OH is 1. The number of halogens is 1. The van der Waals surface area contributed by atoms with Crippen molar-refractivity contribution in [3.63, 3.8) is 0 Å². The molecular formula is C15H15FO5S. The molecule has 7 heteroatoms. The van der Waals surface area contributed by atoms with Gasteiger partial charge in [0.1, 0.15) is 24.3 Å². The highest BCUT2D eigenvalue weighted by Crippen LogP contribution is 2.13. The molecule has 0 saturated carbocycles. The van der Waals surface area contributed by atoms with Crippen LogP contribution >= 0.6 is 0 Å². The Labute approximate surface area is 128 Å². The first kappa shape index (κ1) is 16.4. The summed E-state index contributed by atoms with van der Waals surface area (Å²) in [6, 6.07) is 12.9. The number of hydrogen-bond acceptors (Lipinski definition) is 5. The summed E-state index contributed by atoms with van der Waals surface area (Å²) in [6.45, 7) is -0.603. The van der Waals surface area contributed by atoms with Crippen LogP contribution in [-0.4, -0.2) is 32.8 Å². The zero-order valence-corrected chi connectivity index (χ0v) is 12.4. The third-order valence-electron chi connectivity index (χ3n) is 2.70. The molecule has 2 aromatic rings. The normalized spacial score (nSPS) is 12.8. The van der Waals surface area contributed by atoms with Crippen molar-refractivity contribution in [2.75, 3.05) is 13.2 Å². The molecular weight excluding hydrogens is 311 g/mol. The van der Waals surface area contributed by atoms with E-state index < -0.39 is 28.6 Å². The molecule has 0 amide bonds. The fraction of sp³-hybridized carbons (Fsp3) is 0.200. The second-order valence-corrected chi connectivity index (χ2v) is 6.09. The average molecular weight is 326 g/mol. The van der Waals surface area contributed by atoms with Gasteiger partial charge in [0.05, 0.1) is 11.5 Å². The summed E-state index contributed by atoms with van der Waals surface area (Å²) in [5, 5.41) is 9.69. The summed E-state index contributed by atoms with van der Waals surface area (Å²) in [6.07, 6.45) is -1.14. The molecule has 1 unspecified atom stereocenters. The SMILES string of the molecule is O=S(=O)(OCC(O)COc1ccc(F)cc1)c1ccccc1. The van der Waals surface area contributed by atoms with Gasteiger partial charge in [-0.25, -0.2) is 4.39 Å². The van der Waals surface area contributed by atoms with Crippen LogP contribution in [0, 0.1) is 5.82 Å². The largest absolute Gasteiger partial charge is 0.491 e. The van der Waals surface area contributed by atoms with Gasteiger partial charge in [-0.15, -0.1) is 0 Å². The zero-order chi connectivity index (χ0) is 16.0. The molecule has 0 radical (unpaired) electrons. The van der Waals surface area contributed by atoms with E-state index in [0.717, 1.165) is 0 Å². The standard InChI is InChI=1S/C15H15FO5S/c16-12-6-8-14(9-7-12)20-10-13(17)11-21-22(18,19)15-4-2-1-3-5-15/h1-9,13,17H,10-11H2. The average Bonchev–Trinajstić information content (AvgIpc) is 2.53. The number of rotatable bonds is 7. The minimum absolute atomic E-state index is 0.0154. The topological polar surface area (TPSA) is 72.8 Å². The summed E-state index contributed by atoms with van der Waals surface area (Å²) in [4.78, 5) is 0.0154. The van der Waals surface area contributed by atoms with Gasteiger partial charge in [-0.2, -0.15) is 8.42 Å². The van der Waals surface area contributed by atoms with Crippen molar-refractivity contribution in [3.8, 4) is 5.75 Å². The maximum absolute atomic E-state index is 12.7. The Morgan fingerprint density at radius 2 is 1.64 bits per heavy atom. The van der Waals surface area contributed by atoms with Crippen LogP contribution in [0.1, 0.15) is 0 Å². The summed E-state index contributed by atoms with van der Waals surface area (Å²) in [5.74, 6) is -0.0310. The molecule has 0 fully saturated rings. The molecule has 2 aromatic carbocycles. The Balaban J connectivity index is 1.82. The van der Waals surface area contributed by atoms with Gasteiger partial charge in [0, 0.05) is 0 Å². The Morgan fingerprint density at radius 3 is 2.27 bits per heavy atom. The van der Waals surface area contributed by atoms with E-state index in [1.165, 1.54) is 36.4 Å². The highest BCUT2D eigenvalue weighted by Gasteiger charge is 2.17. The van der Waals surface area contributed by atoms with Crippen LogP contribution < -0.4 is 4.74 Å². The van der Waals surface area contributed by atoms with Crippen LogP contribution in [0.25, 0.3) is 0 Å². The van der Waals surface area contributed by atoms with Crippen molar-refractivity contribution < 1.29 is 26.8 Å². The van der Waals surface area contributed by atoms with Gasteiger partial charge in [0.25, 0.3) is 10.1 Å². The second kappa shape index (κ2) is 7.35. The molecule has 0 aromatic heterocycles. The molecule has 5 nitrogen and oxygen atoms in total. The molecule has 0 spiro atoms. The van der Waals surface area contributed by atoms with E-state index in [9.17, 15) is 17.9 Å². The van der Waals surface area contributed by atoms with Crippen molar-refractivity contribution in [1.29, 1.82) is 0 Å². The summed E-state index contributed by atoms with van der Waals surface area (Å²) < 4.78 is 46.3. The van der Waals surface area contributed by atoms with E-state index in [-0.39, 0.29) is 11.5 Å². The molecule has 0 aliphatic heterocycles. The third-order valence-corrected chi connectivity index (χ3v) is 4.00. The minimum atomic E-state index is -3.91. The predicted octanol–water partition coefficient (Wildman–Crippen LogP) is 1.97. The van der Waals surface area contributed by atoms with Gasteiger partial charge in [0.15, 0.2) is 0 Å². The Morgan fingerprint density at radius 1 is 1.00 bits per heavy atom. The first-order chi connectivity index (χ1) is 10.5. The van der Waals surface area contributed by atoms with Crippen molar-refractivity contribution in [2.24, 2.45) is 0 Å². The lowest BCUT2D eigenvalue weighted by Crippen LogP contribution is -2.25. The van der Waals surface area contributed by atoms with Crippen LogP contribution in [0.5, 0.6) is 5.75 Å². The van der Waals surface area contributed by atoms with E-state index in [0.29, 0.717) is 5.75 Å². The molecule has 2 rings (SSSR count). The van der Waals surface area contributed by atoms with Gasteiger partial charge >= 0.3 is 0 Å². The maximum atomic E-state index is 12.7. The van der Waals surface area contributed by atoms with Crippen LogP contribution in [0.15, 0.2) is 59.5 Å². The highest BCUT2D eigenvalue weighted by atomic mass is 32.2. The van der Waals surface area contributed by atoms with Gasteiger partial charge in [0.2, 0.25) is 0 Å². The minimum Gasteiger partial charge on any atom is -0.491 e. The zero-order valence-electron chi connectivity index (χ0n) is 11.6. The second-order valence-electron chi connectivity index (χ2n) is 4.47. The van der Waals surface area contributed by atoms with Crippen LogP contribution in [0.3, 0.4) is 0 Å². The lowest BCUT2D eigenvalue weighted by atomic mass is 10.3.